The Morgan fingerprint density at radius 1 is 1.35 bits per heavy atom. The van der Waals surface area contributed by atoms with E-state index in [0.29, 0.717) is 11.8 Å². The zero-order valence-corrected chi connectivity index (χ0v) is 10.7. The Balaban J connectivity index is 2.10. The van der Waals surface area contributed by atoms with Crippen LogP contribution in [-0.2, 0) is 20.1 Å². The van der Waals surface area contributed by atoms with E-state index < -0.39 is 0 Å². The van der Waals surface area contributed by atoms with Crippen molar-refractivity contribution in [2.45, 2.75) is 20.0 Å². The van der Waals surface area contributed by atoms with E-state index in [9.17, 15) is 0 Å². The molecule has 0 fully saturated rings. The molecule has 0 amide bonds. The van der Waals surface area contributed by atoms with E-state index >= 15 is 0 Å². The van der Waals surface area contributed by atoms with Gasteiger partial charge in [-0.25, -0.2) is 4.98 Å². The van der Waals surface area contributed by atoms with Crippen molar-refractivity contribution in [3.8, 4) is 5.75 Å². The summed E-state index contributed by atoms with van der Waals surface area (Å²) in [4.78, 5) is 4.19. The lowest BCUT2D eigenvalue weighted by molar-refractivity contribution is 0.289. The van der Waals surface area contributed by atoms with Crippen LogP contribution in [-0.4, -0.2) is 9.55 Å². The van der Waals surface area contributed by atoms with Crippen molar-refractivity contribution >= 4 is 11.6 Å². The van der Waals surface area contributed by atoms with Gasteiger partial charge in [-0.05, 0) is 18.1 Å². The minimum absolute atomic E-state index is 0.431. The van der Waals surface area contributed by atoms with Crippen molar-refractivity contribution in [2.75, 3.05) is 0 Å². The van der Waals surface area contributed by atoms with Gasteiger partial charge in [-0.3, -0.25) is 0 Å². The molecule has 1 heterocycles. The molecule has 3 nitrogen and oxygen atoms in total. The molecule has 4 heteroatoms. The number of aryl methyl sites for hydroxylation is 1. The summed E-state index contributed by atoms with van der Waals surface area (Å²) in [6, 6.07) is 8.04. The summed E-state index contributed by atoms with van der Waals surface area (Å²) in [6.45, 7) is 2.54. The molecule has 0 aliphatic heterocycles. The van der Waals surface area contributed by atoms with Crippen molar-refractivity contribution < 1.29 is 4.74 Å². The number of para-hydroxylation sites is 1. The third-order valence-electron chi connectivity index (χ3n) is 2.74. The Morgan fingerprint density at radius 3 is 2.76 bits per heavy atom. The van der Waals surface area contributed by atoms with Gasteiger partial charge in [0.1, 0.15) is 23.3 Å². The standard InChI is InChI=1S/C13H15ClN2O/c1-3-10-6-4-5-7-11(10)17-9-13-15-8-12(14)16(13)2/h4-8H,3,9H2,1-2H3. The van der Waals surface area contributed by atoms with Crippen LogP contribution >= 0.6 is 11.6 Å². The fourth-order valence-corrected chi connectivity index (χ4v) is 1.78. The first-order valence-corrected chi connectivity index (χ1v) is 5.97. The topological polar surface area (TPSA) is 27.1 Å². The van der Waals surface area contributed by atoms with Crippen molar-refractivity contribution in [3.63, 3.8) is 0 Å². The van der Waals surface area contributed by atoms with E-state index in [1.165, 1.54) is 5.56 Å². The van der Waals surface area contributed by atoms with Gasteiger partial charge in [-0.2, -0.15) is 0 Å². The van der Waals surface area contributed by atoms with Gasteiger partial charge in [0.15, 0.2) is 0 Å². The lowest BCUT2D eigenvalue weighted by Gasteiger charge is -2.10. The smallest absolute Gasteiger partial charge is 0.147 e. The van der Waals surface area contributed by atoms with Gasteiger partial charge < -0.3 is 9.30 Å². The fraction of sp³-hybridized carbons (Fsp3) is 0.308. The minimum Gasteiger partial charge on any atom is -0.485 e. The van der Waals surface area contributed by atoms with Crippen LogP contribution in [0.5, 0.6) is 5.75 Å². The van der Waals surface area contributed by atoms with E-state index in [-0.39, 0.29) is 0 Å². The third-order valence-corrected chi connectivity index (χ3v) is 3.09. The molecule has 0 saturated heterocycles. The molecular formula is C13H15ClN2O. The third kappa shape index (κ3) is 2.61. The molecule has 2 aromatic rings. The molecular weight excluding hydrogens is 236 g/mol. The first-order chi connectivity index (χ1) is 8.22. The van der Waals surface area contributed by atoms with E-state index in [0.717, 1.165) is 18.0 Å². The van der Waals surface area contributed by atoms with Gasteiger partial charge in [-0.1, -0.05) is 36.7 Å². The molecule has 0 radical (unpaired) electrons. The first-order valence-electron chi connectivity index (χ1n) is 5.59. The number of hydrogen-bond acceptors (Lipinski definition) is 2. The molecule has 1 aromatic carbocycles. The van der Waals surface area contributed by atoms with Gasteiger partial charge >= 0.3 is 0 Å². The van der Waals surface area contributed by atoms with Crippen molar-refractivity contribution in [1.82, 2.24) is 9.55 Å². The number of ether oxygens (including phenoxy) is 1. The molecule has 0 unspecified atom stereocenters. The summed E-state index contributed by atoms with van der Waals surface area (Å²) < 4.78 is 7.58. The molecule has 0 atom stereocenters. The van der Waals surface area contributed by atoms with Gasteiger partial charge in [-0.15, -0.1) is 0 Å². The Labute approximate surface area is 106 Å². The lowest BCUT2D eigenvalue weighted by Crippen LogP contribution is -2.04. The maximum absolute atomic E-state index is 5.91. The Bertz CT molecular complexity index is 508. The average molecular weight is 251 g/mol. The van der Waals surface area contributed by atoms with E-state index in [1.807, 2.05) is 29.8 Å². The maximum Gasteiger partial charge on any atom is 0.147 e. The van der Waals surface area contributed by atoms with Crippen LogP contribution < -0.4 is 4.74 Å². The number of halogens is 1. The lowest BCUT2D eigenvalue weighted by atomic mass is 10.1. The molecule has 90 valence electrons. The zero-order chi connectivity index (χ0) is 12.3. The van der Waals surface area contributed by atoms with Crippen LogP contribution in [0.1, 0.15) is 18.3 Å². The van der Waals surface area contributed by atoms with Crippen LogP contribution in [0.25, 0.3) is 0 Å². The van der Waals surface area contributed by atoms with Gasteiger partial charge in [0, 0.05) is 7.05 Å². The molecule has 1 aromatic heterocycles. The molecule has 0 spiro atoms. The number of imidazole rings is 1. The second-order valence-corrected chi connectivity index (χ2v) is 4.19. The number of aromatic nitrogens is 2. The summed E-state index contributed by atoms with van der Waals surface area (Å²) in [6.07, 6.45) is 2.59. The number of rotatable bonds is 4. The predicted octanol–water partition coefficient (Wildman–Crippen LogP) is 3.21. The highest BCUT2D eigenvalue weighted by atomic mass is 35.5. The summed E-state index contributed by atoms with van der Waals surface area (Å²) in [5, 5.41) is 0.618. The van der Waals surface area contributed by atoms with Crippen LogP contribution in [0.15, 0.2) is 30.5 Å². The second-order valence-electron chi connectivity index (χ2n) is 3.81. The number of hydrogen-bond donors (Lipinski definition) is 0. The van der Waals surface area contributed by atoms with Crippen molar-refractivity contribution in [2.24, 2.45) is 7.05 Å². The summed E-state index contributed by atoms with van der Waals surface area (Å²) in [5.74, 6) is 1.73. The SMILES string of the molecule is CCc1ccccc1OCc1ncc(Cl)n1C. The van der Waals surface area contributed by atoms with Gasteiger partial charge in [0.25, 0.3) is 0 Å². The monoisotopic (exact) mass is 250 g/mol. The minimum atomic E-state index is 0.431. The van der Waals surface area contributed by atoms with E-state index in [1.54, 1.807) is 6.20 Å². The van der Waals surface area contributed by atoms with E-state index in [2.05, 4.69) is 18.0 Å². The average Bonchev–Trinajstić information content (AvgIpc) is 2.68. The largest absolute Gasteiger partial charge is 0.485 e. The van der Waals surface area contributed by atoms with Gasteiger partial charge in [0.2, 0.25) is 0 Å². The summed E-state index contributed by atoms with van der Waals surface area (Å²) in [7, 11) is 1.87. The Hall–Kier alpha value is -1.48. The van der Waals surface area contributed by atoms with Crippen LogP contribution in [0, 0.1) is 0 Å². The number of benzene rings is 1. The molecule has 0 saturated carbocycles. The summed E-state index contributed by atoms with van der Waals surface area (Å²) in [5.41, 5.74) is 1.20. The van der Waals surface area contributed by atoms with Crippen LogP contribution in [0.4, 0.5) is 0 Å². The molecule has 0 aliphatic carbocycles. The first kappa shape index (κ1) is 12.0. The molecule has 2 rings (SSSR count). The number of nitrogens with zero attached hydrogens (tertiary/aromatic N) is 2. The molecule has 0 aliphatic rings. The molecule has 17 heavy (non-hydrogen) atoms. The van der Waals surface area contributed by atoms with Crippen LogP contribution in [0.3, 0.4) is 0 Å². The van der Waals surface area contributed by atoms with Gasteiger partial charge in [0.05, 0.1) is 6.20 Å². The highest BCUT2D eigenvalue weighted by molar-refractivity contribution is 6.29. The van der Waals surface area contributed by atoms with E-state index in [4.69, 9.17) is 16.3 Å². The quantitative estimate of drug-likeness (QED) is 0.833. The highest BCUT2D eigenvalue weighted by Crippen LogP contribution is 2.20. The normalized spacial score (nSPS) is 10.5. The Kier molecular flexibility index (Phi) is 3.69. The van der Waals surface area contributed by atoms with Crippen molar-refractivity contribution in [3.05, 3.63) is 47.0 Å². The Morgan fingerprint density at radius 2 is 2.12 bits per heavy atom. The molecule has 0 N–H and O–H groups in total. The second kappa shape index (κ2) is 5.23. The van der Waals surface area contributed by atoms with Crippen molar-refractivity contribution in [1.29, 1.82) is 0 Å². The zero-order valence-electron chi connectivity index (χ0n) is 9.98. The molecule has 0 bridgehead atoms. The maximum atomic E-state index is 5.91. The predicted molar refractivity (Wildman–Crippen MR) is 68.4 cm³/mol. The highest BCUT2D eigenvalue weighted by Gasteiger charge is 2.06. The fourth-order valence-electron chi connectivity index (χ4n) is 1.64. The van der Waals surface area contributed by atoms with Crippen LogP contribution in [0.2, 0.25) is 5.15 Å². The summed E-state index contributed by atoms with van der Waals surface area (Å²) >= 11 is 5.91.